The molecule has 4 N–H and O–H groups in total. The highest BCUT2D eigenvalue weighted by atomic mass is 79.9. The maximum Gasteiger partial charge on any atom is 0.269 e. The lowest BCUT2D eigenvalue weighted by atomic mass is 10.1. The number of halogens is 2. The molecular weight excluding hydrogens is 448 g/mol. The van der Waals surface area contributed by atoms with Crippen molar-refractivity contribution in [3.63, 3.8) is 0 Å². The fraction of sp³-hybridized carbons (Fsp3) is 0.286. The zero-order valence-electron chi connectivity index (χ0n) is 12.9. The second kappa shape index (κ2) is 9.38. The molecule has 0 aliphatic heterocycles. The Hall–Kier alpha value is -1.94. The number of carbonyl (C=O) groups excluding carboxylic acids is 4. The van der Waals surface area contributed by atoms with E-state index in [1.165, 1.54) is 24.3 Å². The molecule has 1 aromatic rings. The fourth-order valence-electron chi connectivity index (χ4n) is 1.35. The molecule has 0 aliphatic rings. The number of amides is 4. The van der Waals surface area contributed by atoms with Crippen LogP contribution in [0, 0.1) is 0 Å². The van der Waals surface area contributed by atoms with Crippen molar-refractivity contribution in [3.05, 3.63) is 35.4 Å². The van der Waals surface area contributed by atoms with E-state index in [-0.39, 0.29) is 11.1 Å². The molecular formula is C14H16Br2N4O4. The number of hydrogen-bond donors (Lipinski definition) is 4. The molecule has 0 radical (unpaired) electrons. The first-order valence-corrected chi connectivity index (χ1v) is 8.64. The van der Waals surface area contributed by atoms with Crippen LogP contribution >= 0.6 is 31.9 Å². The van der Waals surface area contributed by atoms with Crippen LogP contribution in [-0.2, 0) is 9.59 Å². The summed E-state index contributed by atoms with van der Waals surface area (Å²) >= 11 is 6.13. The molecule has 0 spiro atoms. The highest BCUT2D eigenvalue weighted by Gasteiger charge is 2.13. The van der Waals surface area contributed by atoms with Gasteiger partial charge in [-0.25, -0.2) is 0 Å². The Labute approximate surface area is 155 Å². The summed E-state index contributed by atoms with van der Waals surface area (Å²) in [6.45, 7) is 3.23. The molecule has 24 heavy (non-hydrogen) atoms. The van der Waals surface area contributed by atoms with E-state index < -0.39 is 33.3 Å². The van der Waals surface area contributed by atoms with E-state index in [2.05, 4.69) is 53.6 Å². The third kappa shape index (κ3) is 6.28. The molecule has 0 aromatic heterocycles. The number of alkyl halides is 2. The summed E-state index contributed by atoms with van der Waals surface area (Å²) < 4.78 is 0. The molecule has 10 heteroatoms. The molecule has 8 nitrogen and oxygen atoms in total. The van der Waals surface area contributed by atoms with Crippen molar-refractivity contribution in [2.45, 2.75) is 23.5 Å². The summed E-state index contributed by atoms with van der Waals surface area (Å²) in [5.74, 6) is -1.83. The highest BCUT2D eigenvalue weighted by molar-refractivity contribution is 9.10. The third-order valence-corrected chi connectivity index (χ3v) is 3.56. The van der Waals surface area contributed by atoms with Crippen LogP contribution in [0.15, 0.2) is 24.3 Å². The minimum absolute atomic E-state index is 0.257. The minimum Gasteiger partial charge on any atom is -0.272 e. The van der Waals surface area contributed by atoms with Gasteiger partial charge in [-0.1, -0.05) is 31.9 Å². The van der Waals surface area contributed by atoms with Gasteiger partial charge in [-0.3, -0.25) is 40.9 Å². The van der Waals surface area contributed by atoms with Gasteiger partial charge in [-0.15, -0.1) is 0 Å². The smallest absolute Gasteiger partial charge is 0.269 e. The molecule has 0 saturated heterocycles. The van der Waals surface area contributed by atoms with Crippen molar-refractivity contribution < 1.29 is 19.2 Å². The molecule has 1 rings (SSSR count). The van der Waals surface area contributed by atoms with Gasteiger partial charge in [0.25, 0.3) is 23.6 Å². The van der Waals surface area contributed by atoms with Crippen molar-refractivity contribution in [2.24, 2.45) is 0 Å². The summed E-state index contributed by atoms with van der Waals surface area (Å²) in [5, 5.41) is 0. The van der Waals surface area contributed by atoms with Gasteiger partial charge in [-0.2, -0.15) is 0 Å². The van der Waals surface area contributed by atoms with Gasteiger partial charge in [0.1, 0.15) is 0 Å². The average Bonchev–Trinajstić information content (AvgIpc) is 2.56. The van der Waals surface area contributed by atoms with E-state index >= 15 is 0 Å². The minimum atomic E-state index is -0.523. The number of nitrogens with one attached hydrogen (secondary N) is 4. The standard InChI is InChI=1S/C14H16Br2N4O4/c1-7(15)11(21)17-19-13(23)9-3-5-10(6-4-9)14(24)20-18-12(22)8(2)16/h3-8H,1-2H3,(H,17,21)(H,18,22)(H,19,23)(H,20,24)/t7-,8-/m0/s1. The molecule has 0 aliphatic carbocycles. The normalized spacial score (nSPS) is 12.5. The lowest BCUT2D eigenvalue weighted by Crippen LogP contribution is -2.44. The Bertz CT molecular complexity index is 577. The Morgan fingerprint density at radius 1 is 0.708 bits per heavy atom. The first-order chi connectivity index (χ1) is 11.2. The van der Waals surface area contributed by atoms with Gasteiger partial charge in [0.2, 0.25) is 0 Å². The lowest BCUT2D eigenvalue weighted by molar-refractivity contribution is -0.121. The molecule has 4 amide bonds. The summed E-state index contributed by atoms with van der Waals surface area (Å²) in [4.78, 5) is 45.5. The van der Waals surface area contributed by atoms with Crippen LogP contribution < -0.4 is 21.7 Å². The van der Waals surface area contributed by atoms with Crippen LogP contribution in [0.5, 0.6) is 0 Å². The zero-order chi connectivity index (χ0) is 18.3. The molecule has 0 fully saturated rings. The fourth-order valence-corrected chi connectivity index (χ4v) is 1.58. The van der Waals surface area contributed by atoms with Crippen LogP contribution in [0.4, 0.5) is 0 Å². The predicted octanol–water partition coefficient (Wildman–Crippen LogP) is 0.775. The van der Waals surface area contributed by atoms with Crippen molar-refractivity contribution >= 4 is 55.5 Å². The van der Waals surface area contributed by atoms with Crippen LogP contribution in [0.25, 0.3) is 0 Å². The molecule has 2 atom stereocenters. The van der Waals surface area contributed by atoms with Gasteiger partial charge in [0.15, 0.2) is 0 Å². The van der Waals surface area contributed by atoms with E-state index in [1.807, 2.05) is 0 Å². The first-order valence-electron chi connectivity index (χ1n) is 6.81. The summed E-state index contributed by atoms with van der Waals surface area (Å²) in [6, 6.07) is 5.68. The topological polar surface area (TPSA) is 116 Å². The Balaban J connectivity index is 2.58. The Morgan fingerprint density at radius 3 is 1.25 bits per heavy atom. The summed E-state index contributed by atoms with van der Waals surface area (Å²) in [5.41, 5.74) is 9.50. The van der Waals surface area contributed by atoms with E-state index in [1.54, 1.807) is 13.8 Å². The van der Waals surface area contributed by atoms with Gasteiger partial charge in [0.05, 0.1) is 9.65 Å². The van der Waals surface area contributed by atoms with Crippen LogP contribution in [0.3, 0.4) is 0 Å². The SMILES string of the molecule is C[C@H](Br)C(=O)NNC(=O)c1ccc(C(=O)NNC(=O)[C@H](C)Br)cc1. The number of hydrogen-bond acceptors (Lipinski definition) is 4. The largest absolute Gasteiger partial charge is 0.272 e. The second-order valence-electron chi connectivity index (χ2n) is 4.70. The van der Waals surface area contributed by atoms with E-state index in [9.17, 15) is 19.2 Å². The van der Waals surface area contributed by atoms with Gasteiger partial charge in [0, 0.05) is 11.1 Å². The second-order valence-corrected chi connectivity index (χ2v) is 7.44. The van der Waals surface area contributed by atoms with E-state index in [0.29, 0.717) is 0 Å². The molecule has 0 unspecified atom stereocenters. The maximum absolute atomic E-state index is 11.8. The molecule has 0 heterocycles. The Morgan fingerprint density at radius 2 is 1.00 bits per heavy atom. The van der Waals surface area contributed by atoms with Crippen molar-refractivity contribution in [2.75, 3.05) is 0 Å². The Kier molecular flexibility index (Phi) is 7.86. The average molecular weight is 464 g/mol. The number of carbonyl (C=O) groups is 4. The van der Waals surface area contributed by atoms with Gasteiger partial charge < -0.3 is 0 Å². The van der Waals surface area contributed by atoms with Crippen molar-refractivity contribution in [3.8, 4) is 0 Å². The molecule has 130 valence electrons. The van der Waals surface area contributed by atoms with Gasteiger partial charge >= 0.3 is 0 Å². The van der Waals surface area contributed by atoms with E-state index in [4.69, 9.17) is 0 Å². The van der Waals surface area contributed by atoms with Gasteiger partial charge in [-0.05, 0) is 38.1 Å². The quantitative estimate of drug-likeness (QED) is 0.390. The van der Waals surface area contributed by atoms with Crippen LogP contribution in [0.2, 0.25) is 0 Å². The first kappa shape index (κ1) is 20.1. The molecule has 1 aromatic carbocycles. The summed E-state index contributed by atoms with van der Waals surface area (Å²) in [6.07, 6.45) is 0. The van der Waals surface area contributed by atoms with E-state index in [0.717, 1.165) is 0 Å². The van der Waals surface area contributed by atoms with Crippen molar-refractivity contribution in [1.29, 1.82) is 0 Å². The third-order valence-electron chi connectivity index (χ3n) is 2.73. The number of rotatable bonds is 4. The number of benzene rings is 1. The lowest BCUT2D eigenvalue weighted by Gasteiger charge is -2.10. The highest BCUT2D eigenvalue weighted by Crippen LogP contribution is 2.04. The van der Waals surface area contributed by atoms with Crippen LogP contribution in [0.1, 0.15) is 34.6 Å². The predicted molar refractivity (Wildman–Crippen MR) is 94.4 cm³/mol. The molecule has 0 bridgehead atoms. The monoisotopic (exact) mass is 462 g/mol. The zero-order valence-corrected chi connectivity index (χ0v) is 16.0. The summed E-state index contributed by atoms with van der Waals surface area (Å²) in [7, 11) is 0. The molecule has 0 saturated carbocycles. The van der Waals surface area contributed by atoms with Crippen LogP contribution in [-0.4, -0.2) is 33.3 Å². The maximum atomic E-state index is 11.8. The number of hydrazine groups is 2. The van der Waals surface area contributed by atoms with Crippen molar-refractivity contribution in [1.82, 2.24) is 21.7 Å².